The van der Waals surface area contributed by atoms with Crippen molar-refractivity contribution >= 4 is 29.3 Å². The summed E-state index contributed by atoms with van der Waals surface area (Å²) in [6, 6.07) is 6.09. The van der Waals surface area contributed by atoms with Crippen LogP contribution in [0.2, 0.25) is 0 Å². The molecule has 2 aliphatic heterocycles. The van der Waals surface area contributed by atoms with Crippen molar-refractivity contribution in [3.05, 3.63) is 46.6 Å². The largest absolute Gasteiger partial charge is 0.494 e. The topological polar surface area (TPSA) is 144 Å². The molecule has 2 aromatic rings. The quantitative estimate of drug-likeness (QED) is 0.306. The number of ether oxygens (including phenoxy) is 2. The number of hydrogen-bond acceptors (Lipinski definition) is 7. The zero-order valence-corrected chi connectivity index (χ0v) is 27.3. The maximum Gasteiger partial charge on any atom is 0.434 e. The van der Waals surface area contributed by atoms with E-state index in [0.29, 0.717) is 49.6 Å². The molecule has 2 amide bonds. The lowest BCUT2D eigenvalue weighted by molar-refractivity contribution is -0.155. The summed E-state index contributed by atoms with van der Waals surface area (Å²) in [5.74, 6) is -3.22. The summed E-state index contributed by atoms with van der Waals surface area (Å²) in [6.07, 6.45) is 0.813. The number of rotatable bonds is 9. The third-order valence-corrected chi connectivity index (χ3v) is 10.9. The number of pyridine rings is 1. The molecule has 1 aromatic carbocycles. The highest BCUT2D eigenvalue weighted by atomic mass is 19.4. The van der Waals surface area contributed by atoms with Crippen LogP contribution in [0.5, 0.6) is 5.75 Å². The zero-order valence-electron chi connectivity index (χ0n) is 27.3. The average molecular weight is 673 g/mol. The molecule has 2 aliphatic carbocycles. The van der Waals surface area contributed by atoms with Gasteiger partial charge >= 0.3 is 12.1 Å². The Labute approximate surface area is 277 Å². The number of benzene rings is 1. The predicted molar refractivity (Wildman–Crippen MR) is 170 cm³/mol. The van der Waals surface area contributed by atoms with E-state index < -0.39 is 52.6 Å². The van der Waals surface area contributed by atoms with Gasteiger partial charge in [-0.15, -0.1) is 0 Å². The SMILES string of the molecule is CC1CC2CC(C)C(NC(=O)c3cc(C(N)=O)c(N4CCc5cc(OCCC6CCOCC6)ccc54)nc3C(F)(F)F)(C(=O)O)C(C1)C2. The normalized spacial score (nSPS) is 27.3. The highest BCUT2D eigenvalue weighted by Crippen LogP contribution is 2.50. The van der Waals surface area contributed by atoms with Crippen molar-refractivity contribution in [1.82, 2.24) is 10.3 Å². The van der Waals surface area contributed by atoms with E-state index in [4.69, 9.17) is 15.2 Å². The number of amides is 2. The van der Waals surface area contributed by atoms with Crippen molar-refractivity contribution < 1.29 is 42.1 Å². The Morgan fingerprint density at radius 1 is 1.10 bits per heavy atom. The minimum absolute atomic E-state index is 0.216. The molecule has 4 N–H and O–H groups in total. The van der Waals surface area contributed by atoms with E-state index in [1.165, 1.54) is 4.90 Å². The van der Waals surface area contributed by atoms with Gasteiger partial charge in [-0.2, -0.15) is 13.2 Å². The van der Waals surface area contributed by atoms with Crippen LogP contribution < -0.4 is 20.7 Å². The van der Waals surface area contributed by atoms with Gasteiger partial charge in [-0.25, -0.2) is 9.78 Å². The summed E-state index contributed by atoms with van der Waals surface area (Å²) in [7, 11) is 0. The van der Waals surface area contributed by atoms with Gasteiger partial charge in [0.2, 0.25) is 0 Å². The first-order valence-electron chi connectivity index (χ1n) is 16.9. The third kappa shape index (κ3) is 6.45. The lowest BCUT2D eigenvalue weighted by Gasteiger charge is -2.52. The van der Waals surface area contributed by atoms with Gasteiger partial charge in [0.1, 0.15) is 17.1 Å². The number of halogens is 3. The average Bonchev–Trinajstić information content (AvgIpc) is 3.45. The van der Waals surface area contributed by atoms with Gasteiger partial charge in [0.05, 0.1) is 17.7 Å². The molecule has 3 heterocycles. The number of nitrogens with one attached hydrogen (secondary N) is 1. The monoisotopic (exact) mass is 672 g/mol. The molecule has 48 heavy (non-hydrogen) atoms. The number of carboxylic acids is 1. The smallest absolute Gasteiger partial charge is 0.434 e. The predicted octanol–water partition coefficient (Wildman–Crippen LogP) is 5.73. The number of carbonyl (C=O) groups excluding carboxylic acids is 2. The van der Waals surface area contributed by atoms with E-state index in [9.17, 15) is 32.7 Å². The van der Waals surface area contributed by atoms with Crippen LogP contribution in [0.15, 0.2) is 24.3 Å². The molecule has 5 atom stereocenters. The number of fused-ring (bicyclic) bond motifs is 3. The van der Waals surface area contributed by atoms with E-state index in [1.54, 1.807) is 19.1 Å². The Kier molecular flexibility index (Phi) is 9.36. The van der Waals surface area contributed by atoms with E-state index in [-0.39, 0.29) is 29.8 Å². The standard InChI is InChI=1S/C35H43F3N4O6/c1-19-13-22-15-20(2)34(33(45)46,24(14-19)16-22)41-32(44)26-18-27(30(39)43)31(40-29(26)35(36,37)38)42-9-5-23-17-25(3-4-28(23)42)48-12-8-21-6-10-47-11-7-21/h3-4,17-22,24H,5-16H2,1-2H3,(H2,39,43)(H,41,44)(H,45,46). The van der Waals surface area contributed by atoms with Crippen LogP contribution in [0.1, 0.15) is 90.8 Å². The first kappa shape index (κ1) is 34.0. The van der Waals surface area contributed by atoms with Crippen molar-refractivity contribution in [2.24, 2.45) is 35.3 Å². The fraction of sp³-hybridized carbons (Fsp3) is 0.600. The highest BCUT2D eigenvalue weighted by molar-refractivity contribution is 6.04. The highest BCUT2D eigenvalue weighted by Gasteiger charge is 2.57. The Hall–Kier alpha value is -3.87. The number of alkyl halides is 3. The Morgan fingerprint density at radius 2 is 1.85 bits per heavy atom. The second kappa shape index (κ2) is 13.2. The minimum Gasteiger partial charge on any atom is -0.494 e. The fourth-order valence-electron chi connectivity index (χ4n) is 8.66. The number of aliphatic carboxylic acids is 1. The molecule has 0 radical (unpaired) electrons. The Balaban J connectivity index is 1.30. The van der Waals surface area contributed by atoms with Gasteiger partial charge in [-0.05, 0) is 111 Å². The first-order valence-corrected chi connectivity index (χ1v) is 16.9. The number of nitrogens with zero attached hydrogens (tertiary/aromatic N) is 2. The molecule has 0 spiro atoms. The molecule has 4 aliphatic rings. The van der Waals surface area contributed by atoms with Crippen molar-refractivity contribution in [1.29, 1.82) is 0 Å². The van der Waals surface area contributed by atoms with Crippen LogP contribution in [-0.4, -0.2) is 59.8 Å². The molecule has 1 saturated heterocycles. The van der Waals surface area contributed by atoms with Gasteiger partial charge in [-0.1, -0.05) is 13.8 Å². The van der Waals surface area contributed by atoms with Crippen LogP contribution in [-0.2, 0) is 22.1 Å². The molecule has 1 aromatic heterocycles. The maximum absolute atomic E-state index is 14.7. The summed E-state index contributed by atoms with van der Waals surface area (Å²) >= 11 is 0. The molecule has 6 rings (SSSR count). The second-order valence-corrected chi connectivity index (χ2v) is 14.1. The third-order valence-electron chi connectivity index (χ3n) is 10.9. The van der Waals surface area contributed by atoms with Gasteiger partial charge in [0, 0.05) is 25.4 Å². The number of nitrogens with two attached hydrogens (primary N) is 1. The summed E-state index contributed by atoms with van der Waals surface area (Å²) in [5.41, 5.74) is 2.46. The molecule has 3 fully saturated rings. The second-order valence-electron chi connectivity index (χ2n) is 14.1. The van der Waals surface area contributed by atoms with Crippen molar-refractivity contribution in [2.45, 2.75) is 76.9 Å². The summed E-state index contributed by atoms with van der Waals surface area (Å²) in [6.45, 7) is 6.00. The molecular weight excluding hydrogens is 629 g/mol. The van der Waals surface area contributed by atoms with Gasteiger partial charge in [0.15, 0.2) is 5.69 Å². The lowest BCUT2D eigenvalue weighted by Crippen LogP contribution is -2.66. The molecule has 10 nitrogen and oxygen atoms in total. The molecule has 2 saturated carbocycles. The number of anilines is 2. The Morgan fingerprint density at radius 3 is 2.54 bits per heavy atom. The van der Waals surface area contributed by atoms with E-state index in [0.717, 1.165) is 50.5 Å². The summed E-state index contributed by atoms with van der Waals surface area (Å²) < 4.78 is 55.4. The van der Waals surface area contributed by atoms with Crippen molar-refractivity contribution in [3.8, 4) is 5.75 Å². The zero-order chi connectivity index (χ0) is 34.4. The summed E-state index contributed by atoms with van der Waals surface area (Å²) in [5, 5.41) is 13.0. The lowest BCUT2D eigenvalue weighted by atomic mass is 9.56. The van der Waals surface area contributed by atoms with Crippen molar-refractivity contribution in [2.75, 3.05) is 31.3 Å². The Bertz CT molecular complexity index is 1570. The number of carbonyl (C=O) groups is 3. The molecular formula is C35H43F3N4O6. The van der Waals surface area contributed by atoms with Crippen LogP contribution in [0, 0.1) is 29.6 Å². The van der Waals surface area contributed by atoms with Crippen LogP contribution in [0.3, 0.4) is 0 Å². The van der Waals surface area contributed by atoms with Crippen molar-refractivity contribution in [3.63, 3.8) is 0 Å². The van der Waals surface area contributed by atoms with Crippen LogP contribution in [0.4, 0.5) is 24.7 Å². The molecule has 2 bridgehead atoms. The molecule has 260 valence electrons. The number of carboxylic acid groups (broad SMARTS) is 1. The van der Waals surface area contributed by atoms with Crippen LogP contribution >= 0.6 is 0 Å². The molecule has 5 unspecified atom stereocenters. The van der Waals surface area contributed by atoms with Gasteiger partial charge < -0.3 is 30.5 Å². The van der Waals surface area contributed by atoms with Crippen LogP contribution in [0.25, 0.3) is 0 Å². The minimum atomic E-state index is -5.10. The number of primary amides is 1. The van der Waals surface area contributed by atoms with Gasteiger partial charge in [0.25, 0.3) is 11.8 Å². The van der Waals surface area contributed by atoms with E-state index in [1.807, 2.05) is 13.0 Å². The number of hydrogen-bond donors (Lipinski definition) is 3. The maximum atomic E-state index is 14.7. The van der Waals surface area contributed by atoms with E-state index >= 15 is 0 Å². The first-order chi connectivity index (χ1) is 22.8. The van der Waals surface area contributed by atoms with E-state index in [2.05, 4.69) is 10.3 Å². The summed E-state index contributed by atoms with van der Waals surface area (Å²) in [4.78, 5) is 44.8. The fourth-order valence-corrected chi connectivity index (χ4v) is 8.66. The number of aromatic nitrogens is 1. The van der Waals surface area contributed by atoms with Gasteiger partial charge in [-0.3, -0.25) is 9.59 Å². The molecule has 13 heteroatoms.